The fraction of sp³-hybridized carbons (Fsp3) is 0.162. The third-order valence-electron chi connectivity index (χ3n) is 8.12. The maximum absolute atomic E-state index is 11.3. The molecule has 49 heavy (non-hydrogen) atoms. The van der Waals surface area contributed by atoms with Crippen molar-refractivity contribution in [3.63, 3.8) is 0 Å². The van der Waals surface area contributed by atoms with E-state index in [9.17, 15) is 25.9 Å². The summed E-state index contributed by atoms with van der Waals surface area (Å²) in [6, 6.07) is 27.9. The minimum atomic E-state index is -4.50. The van der Waals surface area contributed by atoms with Crippen LogP contribution in [0, 0.1) is 0 Å². The predicted molar refractivity (Wildman–Crippen MR) is 187 cm³/mol. The van der Waals surface area contributed by atoms with E-state index < -0.39 is 20.2 Å². The predicted octanol–water partition coefficient (Wildman–Crippen LogP) is 3.78. The van der Waals surface area contributed by atoms with Crippen LogP contribution in [0.15, 0.2) is 137 Å². The van der Waals surface area contributed by atoms with Crippen molar-refractivity contribution in [2.75, 3.05) is 18.0 Å². The van der Waals surface area contributed by atoms with Gasteiger partial charge in [0.15, 0.2) is 12.3 Å². The fourth-order valence-electron chi connectivity index (χ4n) is 5.55. The Bertz CT molecular complexity index is 2130. The van der Waals surface area contributed by atoms with E-state index in [2.05, 4.69) is 33.8 Å². The Morgan fingerprint density at radius 3 is 1.73 bits per heavy atom. The Kier molecular flexibility index (Phi) is 13.0. The average Bonchev–Trinajstić information content (AvgIpc) is 3.07. The van der Waals surface area contributed by atoms with E-state index in [-0.39, 0.29) is 39.3 Å². The first-order valence-electron chi connectivity index (χ1n) is 15.3. The van der Waals surface area contributed by atoms with Crippen molar-refractivity contribution in [1.29, 1.82) is 0 Å². The molecule has 0 atom stereocenters. The van der Waals surface area contributed by atoms with Gasteiger partial charge >= 0.3 is 29.6 Å². The molecule has 0 spiro atoms. The summed E-state index contributed by atoms with van der Waals surface area (Å²) in [5.41, 5.74) is 7.53. The molecule has 0 aliphatic heterocycles. The first-order valence-corrected chi connectivity index (χ1v) is 18.5. The third kappa shape index (κ3) is 9.68. The molecule has 8 nitrogen and oxygen atoms in total. The number of anilines is 1. The number of nitrogens with zero attached hydrogens (tertiary/aromatic N) is 2. The quantitative estimate of drug-likeness (QED) is 0.131. The van der Waals surface area contributed by atoms with Gasteiger partial charge < -0.3 is 14.0 Å². The number of allylic oxidation sites excluding steroid dienone is 5. The Labute approximate surface area is 315 Å². The number of halogens is 1. The molecule has 0 saturated heterocycles. The molecule has 5 rings (SSSR count). The van der Waals surface area contributed by atoms with Crippen LogP contribution in [-0.2, 0) is 33.3 Å². The number of benzene rings is 4. The van der Waals surface area contributed by atoms with Crippen molar-refractivity contribution in [2.45, 2.75) is 36.7 Å². The second-order valence-electron chi connectivity index (χ2n) is 11.2. The Balaban J connectivity index is 0.00000541. The van der Waals surface area contributed by atoms with E-state index >= 15 is 0 Å². The minimum absolute atomic E-state index is 0. The normalized spacial score (nSPS) is 12.8. The molecule has 1 aliphatic carbocycles. The summed E-state index contributed by atoms with van der Waals surface area (Å²) in [7, 11) is -9.00. The van der Waals surface area contributed by atoms with Crippen molar-refractivity contribution >= 4 is 48.8 Å². The van der Waals surface area contributed by atoms with Crippen LogP contribution in [0.25, 0.3) is 5.57 Å². The van der Waals surface area contributed by atoms with Gasteiger partial charge in [-0.2, -0.15) is 0 Å². The molecule has 0 bridgehead atoms. The van der Waals surface area contributed by atoms with Gasteiger partial charge in [0.2, 0.25) is 0 Å². The first-order chi connectivity index (χ1) is 22.9. The van der Waals surface area contributed by atoms with Gasteiger partial charge in [-0.25, -0.2) is 21.4 Å². The van der Waals surface area contributed by atoms with Crippen molar-refractivity contribution in [3.05, 3.63) is 154 Å². The van der Waals surface area contributed by atoms with E-state index in [0.29, 0.717) is 31.2 Å². The van der Waals surface area contributed by atoms with Crippen molar-refractivity contribution < 1.29 is 60.1 Å². The van der Waals surface area contributed by atoms with Gasteiger partial charge in [-0.05, 0) is 90.7 Å². The zero-order valence-corrected chi connectivity index (χ0v) is 31.8. The molecule has 12 heteroatoms. The first kappa shape index (κ1) is 38.5. The molecule has 0 saturated carbocycles. The van der Waals surface area contributed by atoms with Crippen LogP contribution in [0.2, 0.25) is 5.02 Å². The Morgan fingerprint density at radius 2 is 1.24 bits per heavy atom. The molecule has 0 fully saturated rings. The SMILES string of the molecule is CCN(Cc1ccc(S(=O)(=O)[O-])cc1)c1ccc(C(=C2C=CC(=[N+](CC)Cc3ccc(S(=O)(=O)[O-])cc3)C=C2)c2ccccc2Cl)cc1.[Na+]. The zero-order valence-electron chi connectivity index (χ0n) is 27.4. The summed E-state index contributed by atoms with van der Waals surface area (Å²) in [5.74, 6) is 0. The van der Waals surface area contributed by atoms with Gasteiger partial charge in [-0.1, -0.05) is 66.2 Å². The van der Waals surface area contributed by atoms with Crippen molar-refractivity contribution in [2.24, 2.45) is 0 Å². The molecule has 1 aliphatic rings. The number of rotatable bonds is 11. The smallest absolute Gasteiger partial charge is 0.744 e. The van der Waals surface area contributed by atoms with E-state index in [4.69, 9.17) is 11.6 Å². The molecule has 0 unspecified atom stereocenters. The largest absolute Gasteiger partial charge is 1.00 e. The monoisotopic (exact) mass is 724 g/mol. The van der Waals surface area contributed by atoms with Crippen molar-refractivity contribution in [3.8, 4) is 0 Å². The van der Waals surface area contributed by atoms with Gasteiger partial charge in [0.1, 0.15) is 26.8 Å². The molecule has 0 heterocycles. The second kappa shape index (κ2) is 16.6. The zero-order chi connectivity index (χ0) is 34.5. The summed E-state index contributed by atoms with van der Waals surface area (Å²) in [6.45, 7) is 6.57. The Hall–Kier alpha value is -3.32. The molecule has 248 valence electrons. The van der Waals surface area contributed by atoms with Crippen LogP contribution in [-0.4, -0.2) is 49.3 Å². The number of hydrogen-bond donors (Lipinski definition) is 0. The maximum Gasteiger partial charge on any atom is 1.00 e. The summed E-state index contributed by atoms with van der Waals surface area (Å²) in [6.07, 6.45) is 8.20. The third-order valence-corrected chi connectivity index (χ3v) is 10.1. The fourth-order valence-corrected chi connectivity index (χ4v) is 6.72. The standard InChI is InChI=1S/C37H35ClN2O6S2.Na/c1-3-39(25-27-9-21-33(22-10-27)47(41,42)43)31-17-13-29(14-18-31)37(35-7-5-6-8-36(35)38)30-15-19-32(20-16-30)40(4-2)26-28-11-23-34(24-12-28)48(44,45)46;/h5-24H,3-4,25-26H2,1-2H3,(H-,41,42,43,44,45,46);/q;+1/p-1. The van der Waals surface area contributed by atoms with Gasteiger partial charge in [0, 0.05) is 47.1 Å². The topological polar surface area (TPSA) is 121 Å². The Morgan fingerprint density at radius 1 is 0.714 bits per heavy atom. The van der Waals surface area contributed by atoms with Crippen LogP contribution in [0.4, 0.5) is 5.69 Å². The van der Waals surface area contributed by atoms with Crippen molar-refractivity contribution in [1.82, 2.24) is 0 Å². The molecule has 4 aromatic rings. The molecular formula is C37H34ClN2NaO6S2. The summed E-state index contributed by atoms with van der Waals surface area (Å²) in [5, 5.41) is 0.623. The summed E-state index contributed by atoms with van der Waals surface area (Å²) in [4.78, 5) is 1.66. The molecular weight excluding hydrogens is 691 g/mol. The second-order valence-corrected chi connectivity index (χ2v) is 14.3. The van der Waals surface area contributed by atoms with Gasteiger partial charge in [0.25, 0.3) is 0 Å². The number of hydrogen-bond acceptors (Lipinski definition) is 7. The minimum Gasteiger partial charge on any atom is -0.744 e. The molecule has 0 radical (unpaired) electrons. The van der Waals surface area contributed by atoms with Crippen LogP contribution < -0.4 is 34.5 Å². The maximum atomic E-state index is 11.3. The summed E-state index contributed by atoms with van der Waals surface area (Å²) < 4.78 is 70.1. The van der Waals surface area contributed by atoms with Gasteiger partial charge in [-0.3, -0.25) is 0 Å². The molecule has 4 aromatic carbocycles. The van der Waals surface area contributed by atoms with Crippen LogP contribution >= 0.6 is 11.6 Å². The van der Waals surface area contributed by atoms with Gasteiger partial charge in [-0.15, -0.1) is 0 Å². The van der Waals surface area contributed by atoms with Crippen LogP contribution in [0.1, 0.15) is 36.1 Å². The average molecular weight is 725 g/mol. The van der Waals surface area contributed by atoms with E-state index in [1.807, 2.05) is 62.4 Å². The van der Waals surface area contributed by atoms with E-state index in [1.54, 1.807) is 24.3 Å². The van der Waals surface area contributed by atoms with Gasteiger partial charge in [0.05, 0.1) is 9.79 Å². The molecule has 0 amide bonds. The molecule has 0 aromatic heterocycles. The van der Waals surface area contributed by atoms with Crippen LogP contribution in [0.3, 0.4) is 0 Å². The van der Waals surface area contributed by atoms with E-state index in [0.717, 1.165) is 44.8 Å². The van der Waals surface area contributed by atoms with Crippen LogP contribution in [0.5, 0.6) is 0 Å². The van der Waals surface area contributed by atoms with E-state index in [1.165, 1.54) is 24.3 Å². The summed E-state index contributed by atoms with van der Waals surface area (Å²) >= 11 is 6.73. The molecule has 0 N–H and O–H groups in total.